The number of benzene rings is 1. The minimum Gasteiger partial charge on any atom is -0.353 e. The van der Waals surface area contributed by atoms with E-state index in [1.165, 1.54) is 12.3 Å². The lowest BCUT2D eigenvalue weighted by molar-refractivity contribution is 0.0538. The number of rotatable bonds is 6. The zero-order valence-electron chi connectivity index (χ0n) is 17.9. The number of anilines is 4. The van der Waals surface area contributed by atoms with Gasteiger partial charge in [0.1, 0.15) is 17.5 Å². The Morgan fingerprint density at radius 1 is 1.29 bits per heavy atom. The third-order valence-corrected chi connectivity index (χ3v) is 4.05. The largest absolute Gasteiger partial charge is 0.353 e. The number of nitrogens with one attached hydrogen (secondary N) is 3. The van der Waals surface area contributed by atoms with Gasteiger partial charge in [0.05, 0.1) is 45.0 Å². The number of aromatic nitrogens is 3. The molecule has 0 unspecified atom stereocenters. The minimum atomic E-state index is -2.85. The van der Waals surface area contributed by atoms with Crippen LogP contribution < -0.4 is 16.1 Å². The second kappa shape index (κ2) is 8.24. The van der Waals surface area contributed by atoms with Crippen molar-refractivity contribution in [3.05, 3.63) is 58.6 Å². The Kier molecular flexibility index (Phi) is 4.66. The number of hydrogen-bond donors (Lipinski definition) is 3. The van der Waals surface area contributed by atoms with Crippen LogP contribution in [0.25, 0.3) is 0 Å². The summed E-state index contributed by atoms with van der Waals surface area (Å²) in [6, 6.07) is 6.81. The molecule has 146 valence electrons. The van der Waals surface area contributed by atoms with Gasteiger partial charge in [0.15, 0.2) is 0 Å². The summed E-state index contributed by atoms with van der Waals surface area (Å²) in [5.74, 6) is -0.512. The molecular weight excluding hydrogens is 387 g/mol. The number of carbonyl (C=O) groups is 1. The lowest BCUT2D eigenvalue weighted by Gasteiger charge is -2.14. The van der Waals surface area contributed by atoms with Crippen LogP contribution in [-0.4, -0.2) is 27.7 Å². The Hall–Kier alpha value is -3.17. The number of pyridine rings is 1. The van der Waals surface area contributed by atoms with Gasteiger partial charge in [-0.15, -0.1) is 0 Å². The van der Waals surface area contributed by atoms with E-state index in [2.05, 4.69) is 25.6 Å². The summed E-state index contributed by atoms with van der Waals surface area (Å²) in [4.78, 5) is 20.8. The van der Waals surface area contributed by atoms with Crippen LogP contribution in [0.1, 0.15) is 20.2 Å². The standard InChI is InChI=1S/C18H18ClFN6O2/c1-10-6-17(26(2)24-10)23-16-8-15(13(19)9-21-16)22-14-5-4-11(20)7-12(14)18(27)25-28-3/h4-9H,1-3H3,(H,25,27)(H2,21,22,23)/i3D3. The topological polar surface area (TPSA) is 93.1 Å². The Morgan fingerprint density at radius 2 is 2.11 bits per heavy atom. The summed E-state index contributed by atoms with van der Waals surface area (Å²) in [6.45, 7) is 1.85. The molecule has 2 aromatic heterocycles. The molecule has 0 saturated carbocycles. The maximum absolute atomic E-state index is 13.7. The average molecular weight is 408 g/mol. The van der Waals surface area contributed by atoms with Gasteiger partial charge in [-0.1, -0.05) is 11.6 Å². The van der Waals surface area contributed by atoms with Crippen molar-refractivity contribution in [2.24, 2.45) is 7.05 Å². The summed E-state index contributed by atoms with van der Waals surface area (Å²) >= 11 is 6.22. The number of halogens is 2. The Balaban J connectivity index is 1.86. The van der Waals surface area contributed by atoms with Gasteiger partial charge < -0.3 is 10.6 Å². The SMILES string of the molecule is [2H]C([2H])([2H])ONC(=O)c1cc(F)ccc1Nc1cc(Nc2cc(C)nn2C)ncc1Cl. The second-order valence-electron chi connectivity index (χ2n) is 5.82. The van der Waals surface area contributed by atoms with E-state index < -0.39 is 18.8 Å². The first-order valence-corrected chi connectivity index (χ1v) is 8.38. The summed E-state index contributed by atoms with van der Waals surface area (Å²) in [7, 11) is -1.08. The normalized spacial score (nSPS) is 12.6. The van der Waals surface area contributed by atoms with E-state index >= 15 is 0 Å². The first kappa shape index (κ1) is 15.8. The fraction of sp³-hybridized carbons (Fsp3) is 0.167. The number of aryl methyl sites for hydroxylation is 2. The van der Waals surface area contributed by atoms with Crippen LogP contribution in [-0.2, 0) is 11.9 Å². The molecule has 0 atom stereocenters. The third-order valence-electron chi connectivity index (χ3n) is 3.75. The van der Waals surface area contributed by atoms with E-state index in [1.807, 2.05) is 13.0 Å². The fourth-order valence-corrected chi connectivity index (χ4v) is 2.67. The zero-order chi connectivity index (χ0) is 22.8. The van der Waals surface area contributed by atoms with E-state index in [9.17, 15) is 9.18 Å². The van der Waals surface area contributed by atoms with E-state index in [-0.39, 0.29) is 16.3 Å². The van der Waals surface area contributed by atoms with Crippen LogP contribution in [0.5, 0.6) is 0 Å². The molecule has 0 radical (unpaired) electrons. The molecule has 2 heterocycles. The predicted octanol–water partition coefficient (Wildman–Crippen LogP) is 3.69. The molecule has 0 aliphatic rings. The fourth-order valence-electron chi connectivity index (χ4n) is 2.52. The summed E-state index contributed by atoms with van der Waals surface area (Å²) < 4.78 is 36.4. The van der Waals surface area contributed by atoms with E-state index in [0.717, 1.165) is 17.8 Å². The van der Waals surface area contributed by atoms with Crippen LogP contribution in [0.2, 0.25) is 5.02 Å². The van der Waals surface area contributed by atoms with Crippen LogP contribution in [0.3, 0.4) is 0 Å². The van der Waals surface area contributed by atoms with Crippen molar-refractivity contribution in [2.45, 2.75) is 6.92 Å². The van der Waals surface area contributed by atoms with Crippen molar-refractivity contribution in [1.82, 2.24) is 20.2 Å². The molecule has 1 amide bonds. The third kappa shape index (κ3) is 4.38. The lowest BCUT2D eigenvalue weighted by atomic mass is 10.1. The maximum Gasteiger partial charge on any atom is 0.277 e. The number of carbonyl (C=O) groups excluding carboxylic acids is 1. The molecule has 3 N–H and O–H groups in total. The molecular formula is C18H18ClFN6O2. The van der Waals surface area contributed by atoms with Gasteiger partial charge in [0, 0.05) is 19.2 Å². The predicted molar refractivity (Wildman–Crippen MR) is 105 cm³/mol. The Morgan fingerprint density at radius 3 is 2.82 bits per heavy atom. The van der Waals surface area contributed by atoms with E-state index in [1.54, 1.807) is 23.3 Å². The number of hydroxylamine groups is 1. The zero-order valence-corrected chi connectivity index (χ0v) is 15.6. The Bertz CT molecular complexity index is 1120. The monoisotopic (exact) mass is 407 g/mol. The maximum atomic E-state index is 13.7. The van der Waals surface area contributed by atoms with Gasteiger partial charge in [-0.05, 0) is 25.1 Å². The average Bonchev–Trinajstić information content (AvgIpc) is 3.00. The van der Waals surface area contributed by atoms with Crippen LogP contribution in [0.4, 0.5) is 27.4 Å². The summed E-state index contributed by atoms with van der Waals surface area (Å²) in [5.41, 5.74) is 2.96. The van der Waals surface area contributed by atoms with Gasteiger partial charge in [-0.2, -0.15) is 5.10 Å². The van der Waals surface area contributed by atoms with Crippen molar-refractivity contribution < 1.29 is 18.1 Å². The molecule has 0 fully saturated rings. The van der Waals surface area contributed by atoms with Gasteiger partial charge >= 0.3 is 0 Å². The van der Waals surface area contributed by atoms with Crippen LogP contribution in [0, 0.1) is 12.7 Å². The highest BCUT2D eigenvalue weighted by Gasteiger charge is 2.15. The van der Waals surface area contributed by atoms with Crippen molar-refractivity contribution in [3.8, 4) is 0 Å². The molecule has 0 spiro atoms. The van der Waals surface area contributed by atoms with Gasteiger partial charge in [0.25, 0.3) is 5.91 Å². The van der Waals surface area contributed by atoms with Crippen molar-refractivity contribution in [2.75, 3.05) is 17.7 Å². The highest BCUT2D eigenvalue weighted by Crippen LogP contribution is 2.30. The van der Waals surface area contributed by atoms with E-state index in [0.29, 0.717) is 17.3 Å². The molecule has 8 nitrogen and oxygen atoms in total. The molecule has 0 aliphatic heterocycles. The van der Waals surface area contributed by atoms with Crippen molar-refractivity contribution in [3.63, 3.8) is 0 Å². The molecule has 0 bridgehead atoms. The van der Waals surface area contributed by atoms with Crippen molar-refractivity contribution in [1.29, 1.82) is 0 Å². The molecule has 3 aromatic rings. The summed E-state index contributed by atoms with van der Waals surface area (Å²) in [5, 5.41) is 10.5. The second-order valence-corrected chi connectivity index (χ2v) is 6.22. The van der Waals surface area contributed by atoms with Gasteiger partial charge in [-0.3, -0.25) is 14.3 Å². The number of nitrogens with zero attached hydrogens (tertiary/aromatic N) is 3. The molecule has 28 heavy (non-hydrogen) atoms. The smallest absolute Gasteiger partial charge is 0.277 e. The number of hydrogen-bond acceptors (Lipinski definition) is 6. The van der Waals surface area contributed by atoms with Crippen molar-refractivity contribution >= 4 is 40.5 Å². The highest BCUT2D eigenvalue weighted by atomic mass is 35.5. The quantitative estimate of drug-likeness (QED) is 0.539. The first-order chi connectivity index (χ1) is 14.5. The molecule has 0 saturated heterocycles. The molecule has 1 aromatic carbocycles. The lowest BCUT2D eigenvalue weighted by Crippen LogP contribution is -2.23. The highest BCUT2D eigenvalue weighted by molar-refractivity contribution is 6.33. The molecule has 3 rings (SSSR count). The van der Waals surface area contributed by atoms with Gasteiger partial charge in [0.2, 0.25) is 0 Å². The summed E-state index contributed by atoms with van der Waals surface area (Å²) in [6.07, 6.45) is 1.40. The molecule has 0 aliphatic carbocycles. The molecule has 10 heteroatoms. The van der Waals surface area contributed by atoms with Crippen LogP contribution >= 0.6 is 11.6 Å². The number of amides is 1. The first-order valence-electron chi connectivity index (χ1n) is 9.50. The van der Waals surface area contributed by atoms with Gasteiger partial charge in [-0.25, -0.2) is 14.9 Å². The van der Waals surface area contributed by atoms with Crippen LogP contribution in [0.15, 0.2) is 36.5 Å². The minimum absolute atomic E-state index is 0.170. The Labute approximate surface area is 169 Å². The van der Waals surface area contributed by atoms with E-state index in [4.69, 9.17) is 15.7 Å².